The fraction of sp³-hybridized carbons (Fsp3) is 0.667. The van der Waals surface area contributed by atoms with Crippen molar-refractivity contribution in [2.24, 2.45) is 7.05 Å². The summed E-state index contributed by atoms with van der Waals surface area (Å²) in [5.41, 5.74) is 5.49. The van der Waals surface area contributed by atoms with E-state index in [1.807, 2.05) is 0 Å². The summed E-state index contributed by atoms with van der Waals surface area (Å²) in [7, 11) is -2.07. The number of imidazole rings is 1. The monoisotopic (exact) mass is 262 g/mol. The van der Waals surface area contributed by atoms with Crippen molar-refractivity contribution in [3.63, 3.8) is 0 Å². The van der Waals surface area contributed by atoms with Crippen LogP contribution in [0.25, 0.3) is 0 Å². The van der Waals surface area contributed by atoms with Crippen LogP contribution in [0.1, 0.15) is 19.8 Å². The van der Waals surface area contributed by atoms with E-state index >= 15 is 0 Å². The molecule has 98 valence electrons. The Bertz CT molecular complexity index is 447. The molecule has 17 heavy (non-hydrogen) atoms. The molecular weight excluding hydrogens is 244 g/mol. The molecule has 0 radical (unpaired) electrons. The molecule has 0 aliphatic rings. The van der Waals surface area contributed by atoms with Gasteiger partial charge in [-0.3, -0.25) is 0 Å². The molecule has 0 aliphatic heterocycles. The number of aryl methyl sites for hydroxylation is 1. The normalized spacial score (nSPS) is 13.8. The maximum absolute atomic E-state index is 11.9. The number of aromatic nitrogens is 2. The minimum Gasteiger partial charge on any atom is -0.393 e. The van der Waals surface area contributed by atoms with Crippen LogP contribution in [0, 0.1) is 0 Å². The van der Waals surface area contributed by atoms with Crippen molar-refractivity contribution in [3.8, 4) is 0 Å². The maximum atomic E-state index is 11.9. The van der Waals surface area contributed by atoms with Gasteiger partial charge in [0, 0.05) is 13.6 Å². The lowest BCUT2D eigenvalue weighted by Crippen LogP contribution is -2.27. The van der Waals surface area contributed by atoms with Gasteiger partial charge >= 0.3 is 0 Å². The van der Waals surface area contributed by atoms with Crippen molar-refractivity contribution >= 4 is 15.8 Å². The number of aliphatic hydroxyl groups excluding tert-OH is 1. The van der Waals surface area contributed by atoms with Crippen molar-refractivity contribution in [2.75, 3.05) is 12.3 Å². The highest BCUT2D eigenvalue weighted by molar-refractivity contribution is 7.89. The first-order valence-electron chi connectivity index (χ1n) is 5.29. The number of rotatable bonds is 6. The molecule has 1 unspecified atom stereocenters. The number of hydrogen-bond acceptors (Lipinski definition) is 5. The van der Waals surface area contributed by atoms with E-state index in [0.717, 1.165) is 0 Å². The zero-order chi connectivity index (χ0) is 13.1. The lowest BCUT2D eigenvalue weighted by molar-refractivity contribution is 0.182. The minimum absolute atomic E-state index is 0.0180. The summed E-state index contributed by atoms with van der Waals surface area (Å²) in [5.74, 6) is -0.0180. The summed E-state index contributed by atoms with van der Waals surface area (Å²) >= 11 is 0. The number of anilines is 1. The molecule has 1 atom stereocenters. The standard InChI is InChI=1S/C9H18N4O3S/c1-7(14)4-3-5-12-17(15,16)9-8(10)11-6-13(9)2/h6-7,12,14H,3-5,10H2,1-2H3. The van der Waals surface area contributed by atoms with Gasteiger partial charge in [0.1, 0.15) is 0 Å². The molecule has 7 nitrogen and oxygen atoms in total. The lowest BCUT2D eigenvalue weighted by atomic mass is 10.2. The number of nitrogens with zero attached hydrogens (tertiary/aromatic N) is 2. The quantitative estimate of drug-likeness (QED) is 0.595. The molecule has 0 spiro atoms. The topological polar surface area (TPSA) is 110 Å². The van der Waals surface area contributed by atoms with Gasteiger partial charge < -0.3 is 15.4 Å². The largest absolute Gasteiger partial charge is 0.393 e. The third kappa shape index (κ3) is 3.69. The molecule has 0 fully saturated rings. The van der Waals surface area contributed by atoms with Crippen molar-refractivity contribution in [1.29, 1.82) is 0 Å². The average molecular weight is 262 g/mol. The van der Waals surface area contributed by atoms with Gasteiger partial charge in [0.2, 0.25) is 0 Å². The third-order valence-electron chi connectivity index (χ3n) is 2.25. The van der Waals surface area contributed by atoms with E-state index in [1.54, 1.807) is 14.0 Å². The van der Waals surface area contributed by atoms with Crippen LogP contribution >= 0.6 is 0 Å². The summed E-state index contributed by atoms with van der Waals surface area (Å²) < 4.78 is 27.5. The lowest BCUT2D eigenvalue weighted by Gasteiger charge is -2.08. The summed E-state index contributed by atoms with van der Waals surface area (Å²) in [6.45, 7) is 1.92. The second kappa shape index (κ2) is 5.48. The highest BCUT2D eigenvalue weighted by atomic mass is 32.2. The van der Waals surface area contributed by atoms with Crippen LogP contribution < -0.4 is 10.5 Å². The van der Waals surface area contributed by atoms with Crippen molar-refractivity contribution in [3.05, 3.63) is 6.33 Å². The van der Waals surface area contributed by atoms with Gasteiger partial charge in [-0.25, -0.2) is 18.1 Å². The Labute approximate surface area is 101 Å². The fourth-order valence-electron chi connectivity index (χ4n) is 1.44. The first-order chi connectivity index (χ1) is 7.84. The van der Waals surface area contributed by atoms with E-state index in [2.05, 4.69) is 9.71 Å². The number of aliphatic hydroxyl groups is 1. The van der Waals surface area contributed by atoms with Gasteiger partial charge in [0.15, 0.2) is 10.8 Å². The highest BCUT2D eigenvalue weighted by Gasteiger charge is 2.21. The van der Waals surface area contributed by atoms with E-state index in [0.29, 0.717) is 12.8 Å². The van der Waals surface area contributed by atoms with E-state index in [-0.39, 0.29) is 17.4 Å². The van der Waals surface area contributed by atoms with Gasteiger partial charge in [0.25, 0.3) is 10.0 Å². The first kappa shape index (κ1) is 13.9. The van der Waals surface area contributed by atoms with Crippen LogP contribution in [0.15, 0.2) is 11.4 Å². The average Bonchev–Trinajstić information content (AvgIpc) is 2.53. The molecule has 0 saturated carbocycles. The van der Waals surface area contributed by atoms with Crippen molar-refractivity contribution < 1.29 is 13.5 Å². The Hall–Kier alpha value is -1.12. The SMILES string of the molecule is CC(O)CCCNS(=O)(=O)c1c(N)ncn1C. The van der Waals surface area contributed by atoms with Crippen LogP contribution in [-0.2, 0) is 17.1 Å². The van der Waals surface area contributed by atoms with Crippen LogP contribution in [0.4, 0.5) is 5.82 Å². The van der Waals surface area contributed by atoms with E-state index < -0.39 is 16.1 Å². The molecule has 1 heterocycles. The van der Waals surface area contributed by atoms with E-state index in [4.69, 9.17) is 10.8 Å². The van der Waals surface area contributed by atoms with Crippen LogP contribution in [-0.4, -0.2) is 35.7 Å². The Morgan fingerprint density at radius 1 is 1.65 bits per heavy atom. The summed E-state index contributed by atoms with van der Waals surface area (Å²) in [6, 6.07) is 0. The molecule has 1 aromatic heterocycles. The van der Waals surface area contributed by atoms with Crippen LogP contribution in [0.5, 0.6) is 0 Å². The first-order valence-corrected chi connectivity index (χ1v) is 6.77. The summed E-state index contributed by atoms with van der Waals surface area (Å²) in [5, 5.41) is 9.01. The molecule has 1 rings (SSSR count). The Kier molecular flexibility index (Phi) is 4.49. The molecular formula is C9H18N4O3S. The highest BCUT2D eigenvalue weighted by Crippen LogP contribution is 2.14. The molecule has 0 aliphatic carbocycles. The van der Waals surface area contributed by atoms with Gasteiger partial charge in [-0.05, 0) is 19.8 Å². The predicted molar refractivity (Wildman–Crippen MR) is 63.7 cm³/mol. The van der Waals surface area contributed by atoms with E-state index in [1.165, 1.54) is 10.9 Å². The smallest absolute Gasteiger partial charge is 0.260 e. The van der Waals surface area contributed by atoms with E-state index in [9.17, 15) is 8.42 Å². The number of nitrogens with two attached hydrogens (primary N) is 1. The predicted octanol–water partition coefficient (Wildman–Crippen LogP) is -0.558. The Balaban J connectivity index is 2.64. The second-order valence-electron chi connectivity index (χ2n) is 3.93. The summed E-state index contributed by atoms with van der Waals surface area (Å²) in [4.78, 5) is 3.72. The maximum Gasteiger partial charge on any atom is 0.260 e. The van der Waals surface area contributed by atoms with Gasteiger partial charge in [-0.15, -0.1) is 0 Å². The fourth-order valence-corrected chi connectivity index (χ4v) is 2.74. The van der Waals surface area contributed by atoms with Gasteiger partial charge in [0.05, 0.1) is 12.4 Å². The molecule has 1 aromatic rings. The van der Waals surface area contributed by atoms with Crippen molar-refractivity contribution in [1.82, 2.24) is 14.3 Å². The zero-order valence-electron chi connectivity index (χ0n) is 9.92. The molecule has 8 heteroatoms. The molecule has 4 N–H and O–H groups in total. The molecule has 0 amide bonds. The summed E-state index contributed by atoms with van der Waals surface area (Å²) in [6.07, 6.45) is 2.03. The second-order valence-corrected chi connectivity index (χ2v) is 5.62. The van der Waals surface area contributed by atoms with Gasteiger partial charge in [-0.1, -0.05) is 0 Å². The zero-order valence-corrected chi connectivity index (χ0v) is 10.7. The molecule has 0 aromatic carbocycles. The Morgan fingerprint density at radius 2 is 2.29 bits per heavy atom. The molecule has 0 saturated heterocycles. The third-order valence-corrected chi connectivity index (χ3v) is 3.85. The van der Waals surface area contributed by atoms with Crippen molar-refractivity contribution in [2.45, 2.75) is 30.9 Å². The molecule has 0 bridgehead atoms. The minimum atomic E-state index is -3.63. The number of sulfonamides is 1. The van der Waals surface area contributed by atoms with Crippen LogP contribution in [0.2, 0.25) is 0 Å². The number of hydrogen-bond donors (Lipinski definition) is 3. The number of nitrogens with one attached hydrogen (secondary N) is 1. The van der Waals surface area contributed by atoms with Crippen LogP contribution in [0.3, 0.4) is 0 Å². The Morgan fingerprint density at radius 3 is 2.76 bits per heavy atom. The van der Waals surface area contributed by atoms with Gasteiger partial charge in [-0.2, -0.15) is 0 Å². The number of nitrogen functional groups attached to an aromatic ring is 1.